The number of ketones is 1. The van der Waals surface area contributed by atoms with Crippen molar-refractivity contribution in [3.8, 4) is 11.5 Å². The van der Waals surface area contributed by atoms with Crippen molar-refractivity contribution in [2.75, 3.05) is 5.32 Å². The molecule has 4 aromatic rings. The van der Waals surface area contributed by atoms with Crippen LogP contribution in [0.25, 0.3) is 22.4 Å². The van der Waals surface area contributed by atoms with E-state index in [1.165, 1.54) is 17.6 Å². The number of hydrogen-bond acceptors (Lipinski definition) is 6. The van der Waals surface area contributed by atoms with E-state index in [2.05, 4.69) is 15.5 Å². The van der Waals surface area contributed by atoms with Gasteiger partial charge >= 0.3 is 0 Å². The Kier molecular flexibility index (Phi) is 4.97. The standard InChI is InChI=1S/C22H18N4O4/c1-13(27)15-6-5-7-16(10-15)24-20(28)12-26-19-9-4-3-8-17(19)18(11-21(26)29)22-23-14(2)25-30-22/h3-11H,12H2,1-2H3,(H,24,28). The number of para-hydroxylation sites is 1. The van der Waals surface area contributed by atoms with Gasteiger partial charge < -0.3 is 9.84 Å². The third-order valence-corrected chi connectivity index (χ3v) is 4.63. The average molecular weight is 402 g/mol. The van der Waals surface area contributed by atoms with Gasteiger partial charge in [-0.25, -0.2) is 0 Å². The van der Waals surface area contributed by atoms with Crippen LogP contribution in [0.1, 0.15) is 23.1 Å². The number of aromatic nitrogens is 3. The van der Waals surface area contributed by atoms with Crippen LogP contribution in [-0.4, -0.2) is 26.4 Å². The molecule has 150 valence electrons. The Hall–Kier alpha value is -4.07. The van der Waals surface area contributed by atoms with E-state index in [1.807, 2.05) is 12.1 Å². The number of nitrogens with one attached hydrogen (secondary N) is 1. The summed E-state index contributed by atoms with van der Waals surface area (Å²) in [5, 5.41) is 7.23. The van der Waals surface area contributed by atoms with Gasteiger partial charge in [-0.15, -0.1) is 0 Å². The van der Waals surface area contributed by atoms with Crippen molar-refractivity contribution >= 4 is 28.3 Å². The van der Waals surface area contributed by atoms with E-state index >= 15 is 0 Å². The normalized spacial score (nSPS) is 10.9. The minimum atomic E-state index is -0.385. The van der Waals surface area contributed by atoms with Crippen LogP contribution in [-0.2, 0) is 11.3 Å². The molecule has 0 aliphatic carbocycles. The maximum atomic E-state index is 12.8. The first-order valence-corrected chi connectivity index (χ1v) is 9.26. The number of nitrogens with zero attached hydrogens (tertiary/aromatic N) is 3. The molecule has 0 saturated carbocycles. The fraction of sp³-hybridized carbons (Fsp3) is 0.136. The molecule has 2 heterocycles. The Bertz CT molecular complexity index is 1340. The molecule has 0 aliphatic rings. The van der Waals surface area contributed by atoms with Gasteiger partial charge in [-0.1, -0.05) is 35.5 Å². The summed E-state index contributed by atoms with van der Waals surface area (Å²) >= 11 is 0. The highest BCUT2D eigenvalue weighted by Crippen LogP contribution is 2.26. The second kappa shape index (κ2) is 7.75. The van der Waals surface area contributed by atoms with Crippen LogP contribution >= 0.6 is 0 Å². The first-order valence-electron chi connectivity index (χ1n) is 9.26. The summed E-state index contributed by atoms with van der Waals surface area (Å²) in [5.41, 5.74) is 1.70. The summed E-state index contributed by atoms with van der Waals surface area (Å²) in [4.78, 5) is 41.2. The van der Waals surface area contributed by atoms with Crippen molar-refractivity contribution in [1.29, 1.82) is 0 Å². The summed E-state index contributed by atoms with van der Waals surface area (Å²) in [6.07, 6.45) is 0. The largest absolute Gasteiger partial charge is 0.334 e. The van der Waals surface area contributed by atoms with Gasteiger partial charge in [0, 0.05) is 22.7 Å². The number of hydrogen-bond donors (Lipinski definition) is 1. The van der Waals surface area contributed by atoms with E-state index < -0.39 is 0 Å². The summed E-state index contributed by atoms with van der Waals surface area (Å²) in [6, 6.07) is 15.2. The fourth-order valence-corrected chi connectivity index (χ4v) is 3.24. The number of fused-ring (bicyclic) bond motifs is 1. The molecule has 1 amide bonds. The van der Waals surface area contributed by atoms with Gasteiger partial charge in [0.15, 0.2) is 11.6 Å². The Balaban J connectivity index is 1.69. The summed E-state index contributed by atoms with van der Waals surface area (Å²) < 4.78 is 6.61. The number of aryl methyl sites for hydroxylation is 1. The maximum Gasteiger partial charge on any atom is 0.258 e. The van der Waals surface area contributed by atoms with Crippen LogP contribution < -0.4 is 10.9 Å². The van der Waals surface area contributed by atoms with E-state index in [9.17, 15) is 14.4 Å². The van der Waals surface area contributed by atoms with Gasteiger partial charge in [0.1, 0.15) is 6.54 Å². The van der Waals surface area contributed by atoms with E-state index in [1.54, 1.807) is 43.3 Å². The monoisotopic (exact) mass is 402 g/mol. The highest BCUT2D eigenvalue weighted by molar-refractivity contribution is 5.98. The summed E-state index contributed by atoms with van der Waals surface area (Å²) in [6.45, 7) is 2.97. The molecule has 8 nitrogen and oxygen atoms in total. The molecule has 0 atom stereocenters. The maximum absolute atomic E-state index is 12.8. The first-order chi connectivity index (χ1) is 14.4. The molecule has 1 N–H and O–H groups in total. The van der Waals surface area contributed by atoms with Crippen LogP contribution in [0.2, 0.25) is 0 Å². The zero-order valence-corrected chi connectivity index (χ0v) is 16.4. The van der Waals surface area contributed by atoms with Crippen molar-refractivity contribution in [2.24, 2.45) is 0 Å². The molecule has 2 aromatic heterocycles. The number of amides is 1. The highest BCUT2D eigenvalue weighted by atomic mass is 16.5. The SMILES string of the molecule is CC(=O)c1cccc(NC(=O)Cn2c(=O)cc(-c3nc(C)no3)c3ccccc32)c1. The van der Waals surface area contributed by atoms with Gasteiger partial charge in [-0.05, 0) is 32.0 Å². The van der Waals surface area contributed by atoms with Crippen molar-refractivity contribution < 1.29 is 14.1 Å². The van der Waals surface area contributed by atoms with Crippen molar-refractivity contribution in [1.82, 2.24) is 14.7 Å². The molecular formula is C22H18N4O4. The second-order valence-corrected chi connectivity index (χ2v) is 6.83. The zero-order chi connectivity index (χ0) is 21.3. The smallest absolute Gasteiger partial charge is 0.258 e. The van der Waals surface area contributed by atoms with Gasteiger partial charge in [-0.2, -0.15) is 4.98 Å². The first kappa shape index (κ1) is 19.3. The van der Waals surface area contributed by atoms with E-state index in [-0.39, 0.29) is 29.7 Å². The van der Waals surface area contributed by atoms with Crippen molar-refractivity contribution in [3.63, 3.8) is 0 Å². The van der Waals surface area contributed by atoms with Crippen LogP contribution in [0.4, 0.5) is 5.69 Å². The van der Waals surface area contributed by atoms with Crippen molar-refractivity contribution in [3.05, 3.63) is 76.3 Å². The number of Topliss-reactive ketones (excluding diaryl/α,β-unsaturated/α-hetero) is 1. The third kappa shape index (κ3) is 3.75. The molecule has 0 radical (unpaired) electrons. The quantitative estimate of drug-likeness (QED) is 0.514. The zero-order valence-electron chi connectivity index (χ0n) is 16.4. The lowest BCUT2D eigenvalue weighted by atomic mass is 10.1. The Morgan fingerprint density at radius 1 is 1.10 bits per heavy atom. The Labute approximate surface area is 171 Å². The van der Waals surface area contributed by atoms with Gasteiger partial charge in [-0.3, -0.25) is 19.0 Å². The number of rotatable bonds is 5. The lowest BCUT2D eigenvalue weighted by Crippen LogP contribution is -2.27. The topological polar surface area (TPSA) is 107 Å². The molecule has 0 unspecified atom stereocenters. The third-order valence-electron chi connectivity index (χ3n) is 4.63. The molecule has 0 aliphatic heterocycles. The molecule has 8 heteroatoms. The number of anilines is 1. The molecular weight excluding hydrogens is 384 g/mol. The molecule has 2 aromatic carbocycles. The van der Waals surface area contributed by atoms with E-state index in [0.29, 0.717) is 33.5 Å². The summed E-state index contributed by atoms with van der Waals surface area (Å²) in [7, 11) is 0. The van der Waals surface area contributed by atoms with Gasteiger partial charge in [0.25, 0.3) is 11.4 Å². The van der Waals surface area contributed by atoms with Crippen LogP contribution in [0, 0.1) is 6.92 Å². The molecule has 0 bridgehead atoms. The highest BCUT2D eigenvalue weighted by Gasteiger charge is 2.16. The molecule has 0 spiro atoms. The van der Waals surface area contributed by atoms with E-state index in [4.69, 9.17) is 4.52 Å². The molecule has 4 rings (SSSR count). The van der Waals surface area contributed by atoms with E-state index in [0.717, 1.165) is 0 Å². The Morgan fingerprint density at radius 2 is 1.90 bits per heavy atom. The number of benzene rings is 2. The second-order valence-electron chi connectivity index (χ2n) is 6.83. The fourth-order valence-electron chi connectivity index (χ4n) is 3.24. The summed E-state index contributed by atoms with van der Waals surface area (Å²) in [5.74, 6) is 0.230. The molecule has 30 heavy (non-hydrogen) atoms. The predicted octanol–water partition coefficient (Wildman–Crippen LogP) is 3.20. The lowest BCUT2D eigenvalue weighted by Gasteiger charge is -2.12. The number of carbonyl (C=O) groups excluding carboxylic acids is 2. The average Bonchev–Trinajstić information content (AvgIpc) is 3.16. The molecule has 0 fully saturated rings. The number of pyridine rings is 1. The van der Waals surface area contributed by atoms with Crippen molar-refractivity contribution in [2.45, 2.75) is 20.4 Å². The number of carbonyl (C=O) groups is 2. The molecule has 0 saturated heterocycles. The van der Waals surface area contributed by atoms with Gasteiger partial charge in [0.05, 0.1) is 11.1 Å². The minimum Gasteiger partial charge on any atom is -0.334 e. The predicted molar refractivity (Wildman–Crippen MR) is 111 cm³/mol. The van der Waals surface area contributed by atoms with Gasteiger partial charge in [0.2, 0.25) is 5.91 Å². The van der Waals surface area contributed by atoms with Crippen LogP contribution in [0.15, 0.2) is 63.9 Å². The Morgan fingerprint density at radius 3 is 2.63 bits per heavy atom. The minimum absolute atomic E-state index is 0.0971. The lowest BCUT2D eigenvalue weighted by molar-refractivity contribution is -0.116. The van der Waals surface area contributed by atoms with Crippen LogP contribution in [0.5, 0.6) is 0 Å². The van der Waals surface area contributed by atoms with Crippen LogP contribution in [0.3, 0.4) is 0 Å².